The van der Waals surface area contributed by atoms with E-state index in [1.54, 1.807) is 23.5 Å². The molecule has 5 rings (SSSR count). The second-order valence-electron chi connectivity index (χ2n) is 7.85. The van der Waals surface area contributed by atoms with Gasteiger partial charge in [-0.25, -0.2) is 4.39 Å². The van der Waals surface area contributed by atoms with Crippen LogP contribution < -0.4 is 5.32 Å². The third-order valence-electron chi connectivity index (χ3n) is 5.79. The summed E-state index contributed by atoms with van der Waals surface area (Å²) >= 11 is 7.31. The Morgan fingerprint density at radius 2 is 1.88 bits per heavy atom. The number of thiophene rings is 1. The van der Waals surface area contributed by atoms with E-state index >= 15 is 0 Å². The van der Waals surface area contributed by atoms with E-state index in [9.17, 15) is 4.39 Å². The van der Waals surface area contributed by atoms with E-state index < -0.39 is 0 Å². The van der Waals surface area contributed by atoms with E-state index in [1.165, 1.54) is 23.3 Å². The lowest BCUT2D eigenvalue weighted by atomic mass is 9.94. The zero-order valence-corrected chi connectivity index (χ0v) is 19.7. The molecule has 1 atom stereocenters. The number of halogens is 1. The predicted octanol–water partition coefficient (Wildman–Crippen LogP) is 6.11. The Kier molecular flexibility index (Phi) is 5.78. The summed E-state index contributed by atoms with van der Waals surface area (Å²) in [4.78, 5) is 7.67. The lowest BCUT2D eigenvalue weighted by molar-refractivity contribution is 0.396. The average Bonchev–Trinajstić information content (AvgIpc) is 3.50. The highest BCUT2D eigenvalue weighted by atomic mass is 32.1. The molecular weight excluding hydrogens is 455 g/mol. The largest absolute Gasteiger partial charge is 0.351 e. The van der Waals surface area contributed by atoms with Crippen LogP contribution in [0.25, 0.3) is 16.3 Å². The van der Waals surface area contributed by atoms with Gasteiger partial charge in [0.2, 0.25) is 5.82 Å². The molecule has 0 spiro atoms. The predicted molar refractivity (Wildman–Crippen MR) is 132 cm³/mol. The van der Waals surface area contributed by atoms with Crippen molar-refractivity contribution >= 4 is 34.2 Å². The molecule has 8 heteroatoms. The van der Waals surface area contributed by atoms with Gasteiger partial charge in [0.1, 0.15) is 5.82 Å². The van der Waals surface area contributed by atoms with Gasteiger partial charge in [-0.1, -0.05) is 47.6 Å². The fourth-order valence-electron chi connectivity index (χ4n) is 3.95. The molecule has 0 aliphatic carbocycles. The van der Waals surface area contributed by atoms with Crippen LogP contribution in [0.15, 0.2) is 76.3 Å². The van der Waals surface area contributed by atoms with E-state index in [4.69, 9.17) is 21.7 Å². The van der Waals surface area contributed by atoms with Crippen LogP contribution in [0, 0.1) is 12.7 Å². The normalized spacial score (nSPS) is 16.3. The number of nitrogens with one attached hydrogen (secondary N) is 1. The summed E-state index contributed by atoms with van der Waals surface area (Å²) < 4.78 is 19.4. The molecule has 4 aromatic rings. The highest BCUT2D eigenvalue weighted by Gasteiger charge is 2.34. The van der Waals surface area contributed by atoms with Crippen molar-refractivity contribution in [3.05, 3.63) is 100 Å². The summed E-state index contributed by atoms with van der Waals surface area (Å²) in [5.41, 5.74) is 4.95. The molecule has 2 aromatic heterocycles. The maximum Gasteiger partial charge on any atom is 0.258 e. The van der Waals surface area contributed by atoms with Gasteiger partial charge in [-0.2, -0.15) is 4.98 Å². The molecule has 1 unspecified atom stereocenters. The maximum absolute atomic E-state index is 13.6. The highest BCUT2D eigenvalue weighted by Crippen LogP contribution is 2.38. The number of allylic oxidation sites excluding steroid dienone is 1. The Morgan fingerprint density at radius 3 is 2.61 bits per heavy atom. The van der Waals surface area contributed by atoms with Crippen LogP contribution >= 0.6 is 23.6 Å². The van der Waals surface area contributed by atoms with E-state index in [0.29, 0.717) is 23.4 Å². The van der Waals surface area contributed by atoms with E-state index in [2.05, 4.69) is 29.5 Å². The van der Waals surface area contributed by atoms with Gasteiger partial charge in [0.05, 0.1) is 23.0 Å². The van der Waals surface area contributed by atoms with Crippen LogP contribution in [0.2, 0.25) is 0 Å². The SMILES string of the molecule is CC1=C(c2nc(-c3cccs3)no2)C(c2ccc(F)cc2)NC(=S)N1Cc1ccccc1C. The smallest absolute Gasteiger partial charge is 0.258 e. The fourth-order valence-corrected chi connectivity index (χ4v) is 4.92. The summed E-state index contributed by atoms with van der Waals surface area (Å²) in [7, 11) is 0. The molecule has 0 saturated heterocycles. The van der Waals surface area contributed by atoms with Crippen LogP contribution in [-0.4, -0.2) is 20.2 Å². The van der Waals surface area contributed by atoms with Gasteiger partial charge in [-0.3, -0.25) is 0 Å². The molecule has 1 aliphatic rings. The number of thiocarbonyl (C=S) groups is 1. The van der Waals surface area contributed by atoms with Crippen molar-refractivity contribution in [1.82, 2.24) is 20.4 Å². The van der Waals surface area contributed by atoms with E-state index in [0.717, 1.165) is 21.7 Å². The quantitative estimate of drug-likeness (QED) is 0.351. The van der Waals surface area contributed by atoms with Crippen LogP contribution in [0.4, 0.5) is 4.39 Å². The number of nitrogens with zero attached hydrogens (tertiary/aromatic N) is 3. The Bertz CT molecular complexity index is 1330. The number of aromatic nitrogens is 2. The van der Waals surface area contributed by atoms with Gasteiger partial charge in [0, 0.05) is 5.70 Å². The van der Waals surface area contributed by atoms with Crippen molar-refractivity contribution in [2.45, 2.75) is 26.4 Å². The number of hydrogen-bond donors (Lipinski definition) is 1. The molecule has 0 amide bonds. The third-order valence-corrected chi connectivity index (χ3v) is 6.99. The second kappa shape index (κ2) is 8.88. The van der Waals surface area contributed by atoms with Gasteiger partial charge in [-0.05, 0) is 66.3 Å². The van der Waals surface area contributed by atoms with Gasteiger partial charge in [-0.15, -0.1) is 11.3 Å². The van der Waals surface area contributed by atoms with E-state index in [-0.39, 0.29) is 11.9 Å². The van der Waals surface area contributed by atoms with Crippen LogP contribution in [0.5, 0.6) is 0 Å². The molecule has 2 aromatic carbocycles. The van der Waals surface area contributed by atoms with Crippen molar-refractivity contribution in [3.8, 4) is 10.7 Å². The first-order valence-corrected chi connectivity index (χ1v) is 11.8. The average molecular weight is 477 g/mol. The Morgan fingerprint density at radius 1 is 1.09 bits per heavy atom. The molecule has 33 heavy (non-hydrogen) atoms. The van der Waals surface area contributed by atoms with Crippen molar-refractivity contribution in [2.75, 3.05) is 0 Å². The highest BCUT2D eigenvalue weighted by molar-refractivity contribution is 7.80. The number of hydrogen-bond acceptors (Lipinski definition) is 5. The first-order valence-electron chi connectivity index (χ1n) is 10.5. The summed E-state index contributed by atoms with van der Waals surface area (Å²) in [6.45, 7) is 4.70. The topological polar surface area (TPSA) is 54.2 Å². The molecule has 1 N–H and O–H groups in total. The van der Waals surface area contributed by atoms with Gasteiger partial charge >= 0.3 is 0 Å². The summed E-state index contributed by atoms with van der Waals surface area (Å²) in [6.07, 6.45) is 0. The molecule has 0 radical (unpaired) electrons. The number of aryl methyl sites for hydroxylation is 1. The zero-order valence-electron chi connectivity index (χ0n) is 18.1. The van der Waals surface area contributed by atoms with Crippen LogP contribution in [0.1, 0.15) is 35.5 Å². The first-order chi connectivity index (χ1) is 16.0. The van der Waals surface area contributed by atoms with Crippen molar-refractivity contribution in [2.24, 2.45) is 0 Å². The van der Waals surface area contributed by atoms with Crippen molar-refractivity contribution in [3.63, 3.8) is 0 Å². The lowest BCUT2D eigenvalue weighted by Gasteiger charge is -2.37. The molecule has 0 saturated carbocycles. The monoisotopic (exact) mass is 476 g/mol. The summed E-state index contributed by atoms with van der Waals surface area (Å²) in [5, 5.41) is 10.2. The van der Waals surface area contributed by atoms with E-state index in [1.807, 2.05) is 41.5 Å². The Hall–Kier alpha value is -3.36. The minimum absolute atomic E-state index is 0.293. The first kappa shape index (κ1) is 21.5. The number of rotatable bonds is 5. The van der Waals surface area contributed by atoms with Gasteiger partial charge in [0.25, 0.3) is 5.89 Å². The third kappa shape index (κ3) is 4.19. The standard InChI is InChI=1S/C25H21FN4OS2/c1-15-6-3-4-7-18(15)14-30-16(2)21(24-28-23(29-31-24)20-8-5-13-33-20)22(27-25(30)32)17-9-11-19(26)12-10-17/h3-13,22H,14H2,1-2H3,(H,27,32). The fraction of sp³-hybridized carbons (Fsp3) is 0.160. The minimum Gasteiger partial charge on any atom is -0.351 e. The second-order valence-corrected chi connectivity index (χ2v) is 9.18. The van der Waals surface area contributed by atoms with Crippen molar-refractivity contribution < 1.29 is 8.91 Å². The number of benzene rings is 2. The molecule has 5 nitrogen and oxygen atoms in total. The Balaban J connectivity index is 1.61. The minimum atomic E-state index is -0.345. The molecule has 166 valence electrons. The maximum atomic E-state index is 13.6. The molecule has 0 bridgehead atoms. The molecule has 3 heterocycles. The zero-order chi connectivity index (χ0) is 22.9. The summed E-state index contributed by atoms with van der Waals surface area (Å²) in [5.74, 6) is 0.658. The van der Waals surface area contributed by atoms with Crippen LogP contribution in [-0.2, 0) is 6.54 Å². The molecular formula is C25H21FN4OS2. The van der Waals surface area contributed by atoms with Crippen LogP contribution in [0.3, 0.4) is 0 Å². The van der Waals surface area contributed by atoms with Gasteiger partial charge < -0.3 is 14.7 Å². The molecule has 0 fully saturated rings. The van der Waals surface area contributed by atoms with Gasteiger partial charge in [0.15, 0.2) is 5.11 Å². The van der Waals surface area contributed by atoms with Crippen molar-refractivity contribution in [1.29, 1.82) is 0 Å². The Labute approximate surface area is 200 Å². The molecule has 1 aliphatic heterocycles. The lowest BCUT2D eigenvalue weighted by Crippen LogP contribution is -2.45. The summed E-state index contributed by atoms with van der Waals surface area (Å²) in [6, 6.07) is 18.2.